The van der Waals surface area contributed by atoms with Crippen LogP contribution in [-0.2, 0) is 4.74 Å². The zero-order valence-corrected chi connectivity index (χ0v) is 6.32. The zero-order valence-electron chi connectivity index (χ0n) is 6.32. The average Bonchev–Trinajstić information content (AvgIpc) is 2.05. The molecule has 0 radical (unpaired) electrons. The molecule has 64 valence electrons. The van der Waals surface area contributed by atoms with Gasteiger partial charge in [0.25, 0.3) is 0 Å². The van der Waals surface area contributed by atoms with Gasteiger partial charge in [0.15, 0.2) is 0 Å². The van der Waals surface area contributed by atoms with Gasteiger partial charge in [-0.3, -0.25) is 0 Å². The molecule has 5 heteroatoms. The summed E-state index contributed by atoms with van der Waals surface area (Å²) in [5.41, 5.74) is 10.4. The van der Waals surface area contributed by atoms with E-state index in [1.165, 1.54) is 0 Å². The van der Waals surface area contributed by atoms with Crippen LogP contribution >= 0.6 is 0 Å². The van der Waals surface area contributed by atoms with Crippen LogP contribution < -0.4 is 11.5 Å². The minimum Gasteiger partial charge on any atom is -0.373 e. The molecule has 11 heavy (non-hydrogen) atoms. The number of hydrogen-bond donors (Lipinski definition) is 2. The molecule has 5 nitrogen and oxygen atoms in total. The minimum atomic E-state index is -0.397. The Bertz CT molecular complexity index is 151. The molecule has 0 bridgehead atoms. The number of rotatable bonds is 1. The van der Waals surface area contributed by atoms with E-state index in [2.05, 4.69) is 0 Å². The van der Waals surface area contributed by atoms with Crippen LogP contribution in [0, 0.1) is 0 Å². The first-order valence-corrected chi connectivity index (χ1v) is 3.60. The number of morpholine rings is 1. The van der Waals surface area contributed by atoms with Gasteiger partial charge < -0.3 is 21.1 Å². The number of carbonyl (C=O) groups excluding carboxylic acids is 1. The van der Waals surface area contributed by atoms with Gasteiger partial charge >= 0.3 is 6.03 Å². The summed E-state index contributed by atoms with van der Waals surface area (Å²) in [7, 11) is 0. The summed E-state index contributed by atoms with van der Waals surface area (Å²) in [6.07, 6.45) is -0.0451. The largest absolute Gasteiger partial charge is 0.373 e. The van der Waals surface area contributed by atoms with Crippen molar-refractivity contribution in [3.8, 4) is 0 Å². The lowest BCUT2D eigenvalue weighted by Gasteiger charge is -2.30. The zero-order chi connectivity index (χ0) is 8.27. The van der Waals surface area contributed by atoms with E-state index < -0.39 is 6.03 Å². The summed E-state index contributed by atoms with van der Waals surface area (Å²) < 4.78 is 5.23. The fourth-order valence-corrected chi connectivity index (χ4v) is 1.06. The van der Waals surface area contributed by atoms with E-state index in [4.69, 9.17) is 16.2 Å². The Morgan fingerprint density at radius 2 is 2.45 bits per heavy atom. The summed E-state index contributed by atoms with van der Waals surface area (Å²) >= 11 is 0. The van der Waals surface area contributed by atoms with E-state index in [9.17, 15) is 4.79 Å². The highest BCUT2D eigenvalue weighted by atomic mass is 16.5. The Morgan fingerprint density at radius 1 is 1.73 bits per heavy atom. The highest BCUT2D eigenvalue weighted by Gasteiger charge is 2.20. The number of nitrogens with two attached hydrogens (primary N) is 2. The summed E-state index contributed by atoms with van der Waals surface area (Å²) in [6.45, 7) is 2.06. The van der Waals surface area contributed by atoms with Crippen molar-refractivity contribution in [2.24, 2.45) is 11.5 Å². The number of carbonyl (C=O) groups is 1. The maximum absolute atomic E-state index is 10.7. The predicted octanol–water partition coefficient (Wildman–Crippen LogP) is -1.28. The van der Waals surface area contributed by atoms with Crippen LogP contribution in [-0.4, -0.2) is 43.3 Å². The van der Waals surface area contributed by atoms with Crippen LogP contribution in [0.4, 0.5) is 4.79 Å². The van der Waals surface area contributed by atoms with Crippen LogP contribution in [0.1, 0.15) is 0 Å². The Labute approximate surface area is 65.3 Å². The molecule has 0 spiro atoms. The second kappa shape index (κ2) is 3.54. The molecule has 0 unspecified atom stereocenters. The molecule has 4 N–H and O–H groups in total. The number of primary amides is 1. The van der Waals surface area contributed by atoms with Gasteiger partial charge in [0.2, 0.25) is 0 Å². The molecule has 0 aromatic heterocycles. The van der Waals surface area contributed by atoms with Crippen molar-refractivity contribution >= 4 is 6.03 Å². The van der Waals surface area contributed by atoms with Crippen LogP contribution in [0.2, 0.25) is 0 Å². The molecule has 1 rings (SSSR count). The van der Waals surface area contributed by atoms with Crippen molar-refractivity contribution in [3.05, 3.63) is 0 Å². The normalized spacial score (nSPS) is 25.2. The van der Waals surface area contributed by atoms with Gasteiger partial charge in [0.05, 0.1) is 12.7 Å². The molecule has 1 heterocycles. The quantitative estimate of drug-likeness (QED) is 0.500. The van der Waals surface area contributed by atoms with Crippen LogP contribution in [0.5, 0.6) is 0 Å². The lowest BCUT2D eigenvalue weighted by molar-refractivity contribution is -0.00727. The van der Waals surface area contributed by atoms with Gasteiger partial charge in [-0.05, 0) is 0 Å². The first-order valence-electron chi connectivity index (χ1n) is 3.60. The van der Waals surface area contributed by atoms with Gasteiger partial charge in [-0.25, -0.2) is 4.79 Å². The van der Waals surface area contributed by atoms with E-state index in [-0.39, 0.29) is 6.10 Å². The lowest BCUT2D eigenvalue weighted by atomic mass is 10.3. The Balaban J connectivity index is 2.39. The number of nitrogens with zero attached hydrogens (tertiary/aromatic N) is 1. The molecule has 0 aromatic rings. The van der Waals surface area contributed by atoms with E-state index in [1.54, 1.807) is 4.90 Å². The smallest absolute Gasteiger partial charge is 0.314 e. The number of urea groups is 1. The second-order valence-corrected chi connectivity index (χ2v) is 2.51. The third kappa shape index (κ3) is 2.06. The number of ether oxygens (including phenoxy) is 1. The van der Waals surface area contributed by atoms with Crippen LogP contribution in [0.15, 0.2) is 0 Å². The molecule has 1 aliphatic rings. The Morgan fingerprint density at radius 3 is 3.00 bits per heavy atom. The van der Waals surface area contributed by atoms with Crippen molar-refractivity contribution in [2.75, 3.05) is 26.2 Å². The van der Waals surface area contributed by atoms with Gasteiger partial charge in [0.1, 0.15) is 0 Å². The predicted molar refractivity (Wildman–Crippen MR) is 40.0 cm³/mol. The third-order valence-electron chi connectivity index (χ3n) is 1.71. The molecule has 0 saturated carbocycles. The van der Waals surface area contributed by atoms with Crippen molar-refractivity contribution in [3.63, 3.8) is 0 Å². The average molecular weight is 159 g/mol. The number of amides is 2. The first kappa shape index (κ1) is 8.29. The lowest BCUT2D eigenvalue weighted by Crippen LogP contribution is -2.49. The number of hydrogen-bond acceptors (Lipinski definition) is 3. The van der Waals surface area contributed by atoms with E-state index in [0.29, 0.717) is 26.2 Å². The van der Waals surface area contributed by atoms with Crippen molar-refractivity contribution < 1.29 is 9.53 Å². The van der Waals surface area contributed by atoms with Crippen LogP contribution in [0.3, 0.4) is 0 Å². The summed E-state index contributed by atoms with van der Waals surface area (Å²) in [6, 6.07) is -0.397. The molecule has 2 amide bonds. The van der Waals surface area contributed by atoms with Gasteiger partial charge in [-0.15, -0.1) is 0 Å². The molecule has 1 fully saturated rings. The molecular formula is C6H13N3O2. The maximum atomic E-state index is 10.7. The SMILES string of the molecule is NC[C@H]1CN(C(N)=O)CCO1. The minimum absolute atomic E-state index is 0.0451. The van der Waals surface area contributed by atoms with Crippen LogP contribution in [0.25, 0.3) is 0 Å². The van der Waals surface area contributed by atoms with Crippen molar-refractivity contribution in [1.82, 2.24) is 4.90 Å². The first-order chi connectivity index (χ1) is 5.24. The van der Waals surface area contributed by atoms with E-state index >= 15 is 0 Å². The third-order valence-corrected chi connectivity index (χ3v) is 1.71. The molecule has 1 aliphatic heterocycles. The van der Waals surface area contributed by atoms with Crippen molar-refractivity contribution in [1.29, 1.82) is 0 Å². The second-order valence-electron chi connectivity index (χ2n) is 2.51. The summed E-state index contributed by atoms with van der Waals surface area (Å²) in [4.78, 5) is 12.2. The van der Waals surface area contributed by atoms with Crippen molar-refractivity contribution in [2.45, 2.75) is 6.10 Å². The molecule has 0 aromatic carbocycles. The topological polar surface area (TPSA) is 81.6 Å². The van der Waals surface area contributed by atoms with Gasteiger partial charge in [-0.2, -0.15) is 0 Å². The molecule has 0 aliphatic carbocycles. The maximum Gasteiger partial charge on any atom is 0.314 e. The molecule has 1 saturated heterocycles. The monoisotopic (exact) mass is 159 g/mol. The van der Waals surface area contributed by atoms with Gasteiger partial charge in [-0.1, -0.05) is 0 Å². The summed E-state index contributed by atoms with van der Waals surface area (Å²) in [5.74, 6) is 0. The highest BCUT2D eigenvalue weighted by molar-refractivity contribution is 5.72. The van der Waals surface area contributed by atoms with E-state index in [1.807, 2.05) is 0 Å². The standard InChI is InChI=1S/C6H13N3O2/c7-3-5-4-9(6(8)10)1-2-11-5/h5H,1-4,7H2,(H2,8,10)/t5-/m0/s1. The summed E-state index contributed by atoms with van der Waals surface area (Å²) in [5, 5.41) is 0. The fraction of sp³-hybridized carbons (Fsp3) is 0.833. The Kier molecular flexibility index (Phi) is 2.67. The van der Waals surface area contributed by atoms with E-state index in [0.717, 1.165) is 0 Å². The Hall–Kier alpha value is -0.810. The molecular weight excluding hydrogens is 146 g/mol. The fourth-order valence-electron chi connectivity index (χ4n) is 1.06. The van der Waals surface area contributed by atoms with Gasteiger partial charge in [0, 0.05) is 19.6 Å². The highest BCUT2D eigenvalue weighted by Crippen LogP contribution is 2.02. The molecule has 1 atom stereocenters.